The molecule has 146 valence electrons. The number of fused-ring (bicyclic) bond motifs is 1. The maximum atomic E-state index is 13.6. The van der Waals surface area contributed by atoms with Crippen molar-refractivity contribution in [2.75, 3.05) is 5.32 Å². The van der Waals surface area contributed by atoms with Gasteiger partial charge in [0.25, 0.3) is 0 Å². The fourth-order valence-electron chi connectivity index (χ4n) is 3.76. The van der Waals surface area contributed by atoms with Gasteiger partial charge in [-0.3, -0.25) is 9.36 Å². The van der Waals surface area contributed by atoms with Crippen LogP contribution < -0.4 is 5.32 Å². The smallest absolute Gasteiger partial charge is 0.228 e. The van der Waals surface area contributed by atoms with Gasteiger partial charge in [0.1, 0.15) is 6.17 Å². The molecular formula is C19H17FN8S. The first-order valence-corrected chi connectivity index (χ1v) is 10.0. The first-order chi connectivity index (χ1) is 14.1. The number of hydrogen-bond donors (Lipinski definition) is 1. The van der Waals surface area contributed by atoms with Gasteiger partial charge in [0.15, 0.2) is 0 Å². The summed E-state index contributed by atoms with van der Waals surface area (Å²) in [6, 6.07) is 4.12. The summed E-state index contributed by atoms with van der Waals surface area (Å²) < 4.78 is 18.0. The zero-order valence-electron chi connectivity index (χ0n) is 15.6. The SMILES string of the molecule is Cn1cc(Nc2nc(-c3cnn(C4(CC#N)CC(F)C4)c3)c3sccc3n2)cn1. The van der Waals surface area contributed by atoms with Crippen LogP contribution in [0.2, 0.25) is 0 Å². The Kier molecular flexibility index (Phi) is 4.06. The number of rotatable bonds is 5. The lowest BCUT2D eigenvalue weighted by Crippen LogP contribution is -2.47. The highest BCUT2D eigenvalue weighted by Gasteiger charge is 2.47. The van der Waals surface area contributed by atoms with Gasteiger partial charge in [-0.1, -0.05) is 0 Å². The van der Waals surface area contributed by atoms with Crippen molar-refractivity contribution in [2.45, 2.75) is 31.0 Å². The van der Waals surface area contributed by atoms with E-state index >= 15 is 0 Å². The summed E-state index contributed by atoms with van der Waals surface area (Å²) in [5, 5.41) is 22.9. The van der Waals surface area contributed by atoms with Crippen molar-refractivity contribution in [1.82, 2.24) is 29.5 Å². The Hall–Kier alpha value is -3.32. The van der Waals surface area contributed by atoms with Crippen LogP contribution in [0.5, 0.6) is 0 Å². The number of thiophene rings is 1. The molecule has 0 radical (unpaired) electrons. The second-order valence-corrected chi connectivity index (χ2v) is 8.21. The maximum Gasteiger partial charge on any atom is 0.228 e. The maximum absolute atomic E-state index is 13.6. The topological polar surface area (TPSA) is 97.2 Å². The highest BCUT2D eigenvalue weighted by Crippen LogP contribution is 2.44. The van der Waals surface area contributed by atoms with E-state index in [9.17, 15) is 9.65 Å². The summed E-state index contributed by atoms with van der Waals surface area (Å²) in [4.78, 5) is 9.29. The molecule has 0 bridgehead atoms. The van der Waals surface area contributed by atoms with Crippen LogP contribution >= 0.6 is 11.3 Å². The Labute approximate surface area is 169 Å². The van der Waals surface area contributed by atoms with Gasteiger partial charge in [-0.05, 0) is 11.4 Å². The predicted molar refractivity (Wildman–Crippen MR) is 107 cm³/mol. The number of alkyl halides is 1. The van der Waals surface area contributed by atoms with Crippen LogP contribution in [0.15, 0.2) is 36.2 Å². The molecule has 29 heavy (non-hydrogen) atoms. The Balaban J connectivity index is 1.54. The van der Waals surface area contributed by atoms with E-state index in [2.05, 4.69) is 26.6 Å². The summed E-state index contributed by atoms with van der Waals surface area (Å²) in [6.07, 6.45) is 7.11. The van der Waals surface area contributed by atoms with E-state index in [0.29, 0.717) is 18.8 Å². The molecule has 0 spiro atoms. The van der Waals surface area contributed by atoms with Crippen molar-refractivity contribution in [3.05, 3.63) is 36.2 Å². The minimum absolute atomic E-state index is 0.237. The number of nitrogens with one attached hydrogen (secondary N) is 1. The molecule has 1 saturated carbocycles. The van der Waals surface area contributed by atoms with Crippen molar-refractivity contribution in [1.29, 1.82) is 5.26 Å². The number of nitriles is 1. The van der Waals surface area contributed by atoms with E-state index in [-0.39, 0.29) is 6.42 Å². The molecule has 0 amide bonds. The second kappa shape index (κ2) is 6.63. The largest absolute Gasteiger partial charge is 0.321 e. The molecule has 4 aromatic heterocycles. The number of aryl methyl sites for hydroxylation is 1. The normalized spacial score (nSPS) is 21.1. The van der Waals surface area contributed by atoms with Crippen LogP contribution in [-0.4, -0.2) is 35.7 Å². The summed E-state index contributed by atoms with van der Waals surface area (Å²) in [6.45, 7) is 0. The van der Waals surface area contributed by atoms with Gasteiger partial charge in [0.05, 0.1) is 52.0 Å². The average Bonchev–Trinajstić information content (AvgIpc) is 3.40. The molecular weight excluding hydrogens is 391 g/mol. The Morgan fingerprint density at radius 2 is 2.17 bits per heavy atom. The van der Waals surface area contributed by atoms with Crippen LogP contribution in [0.25, 0.3) is 21.5 Å². The molecule has 0 aliphatic heterocycles. The molecule has 1 aliphatic rings. The lowest BCUT2D eigenvalue weighted by molar-refractivity contribution is 0.0293. The summed E-state index contributed by atoms with van der Waals surface area (Å²) >= 11 is 1.56. The van der Waals surface area contributed by atoms with E-state index in [1.165, 1.54) is 0 Å². The first-order valence-electron chi connectivity index (χ1n) is 9.14. The molecule has 8 nitrogen and oxygen atoms in total. The summed E-state index contributed by atoms with van der Waals surface area (Å²) in [5.74, 6) is 0.464. The number of hydrogen-bond acceptors (Lipinski definition) is 7. The van der Waals surface area contributed by atoms with Crippen LogP contribution in [0.1, 0.15) is 19.3 Å². The molecule has 0 atom stereocenters. The number of aromatic nitrogens is 6. The Morgan fingerprint density at radius 1 is 1.31 bits per heavy atom. The third-order valence-electron chi connectivity index (χ3n) is 5.22. The van der Waals surface area contributed by atoms with Gasteiger partial charge in [-0.2, -0.15) is 15.5 Å². The first kappa shape index (κ1) is 17.8. The fourth-order valence-corrected chi connectivity index (χ4v) is 4.60. The van der Waals surface area contributed by atoms with Crippen molar-refractivity contribution in [2.24, 2.45) is 7.05 Å². The van der Waals surface area contributed by atoms with E-state index in [0.717, 1.165) is 27.2 Å². The molecule has 10 heteroatoms. The van der Waals surface area contributed by atoms with Gasteiger partial charge in [-0.15, -0.1) is 11.3 Å². The van der Waals surface area contributed by atoms with Crippen molar-refractivity contribution < 1.29 is 4.39 Å². The lowest BCUT2D eigenvalue weighted by Gasteiger charge is -2.42. The molecule has 1 fully saturated rings. The standard InChI is InChI=1S/C19H17FN8S/c1-27-11-14(9-22-27)24-18-25-15-2-5-29-17(15)16(26-18)12-8-23-28(10-12)19(3-4-21)6-13(20)7-19/h2,5,8-11,13H,3,6-7H2,1H3,(H,24,25,26). The molecule has 4 aromatic rings. The number of nitrogens with zero attached hydrogens (tertiary/aromatic N) is 7. The van der Waals surface area contributed by atoms with Gasteiger partial charge >= 0.3 is 0 Å². The molecule has 0 unspecified atom stereocenters. The Morgan fingerprint density at radius 3 is 2.90 bits per heavy atom. The van der Waals surface area contributed by atoms with Gasteiger partial charge < -0.3 is 5.32 Å². The molecule has 1 aliphatic carbocycles. The minimum atomic E-state index is -0.880. The van der Waals surface area contributed by atoms with Gasteiger partial charge in [0.2, 0.25) is 5.95 Å². The Bertz CT molecular complexity index is 1230. The van der Waals surface area contributed by atoms with Crippen molar-refractivity contribution in [3.8, 4) is 17.3 Å². The summed E-state index contributed by atoms with van der Waals surface area (Å²) in [7, 11) is 1.84. The highest BCUT2D eigenvalue weighted by atomic mass is 32.1. The second-order valence-electron chi connectivity index (χ2n) is 7.30. The van der Waals surface area contributed by atoms with Crippen molar-refractivity contribution in [3.63, 3.8) is 0 Å². The van der Waals surface area contributed by atoms with Crippen LogP contribution in [-0.2, 0) is 12.6 Å². The summed E-state index contributed by atoms with van der Waals surface area (Å²) in [5.41, 5.74) is 2.63. The number of anilines is 2. The zero-order chi connectivity index (χ0) is 20.0. The predicted octanol–water partition coefficient (Wildman–Crippen LogP) is 3.77. The highest BCUT2D eigenvalue weighted by molar-refractivity contribution is 7.17. The van der Waals surface area contributed by atoms with Crippen LogP contribution in [0.3, 0.4) is 0 Å². The lowest BCUT2D eigenvalue weighted by atomic mass is 9.73. The third kappa shape index (κ3) is 3.03. The molecule has 4 heterocycles. The molecule has 0 saturated heterocycles. The van der Waals surface area contributed by atoms with Gasteiger partial charge in [-0.25, -0.2) is 14.4 Å². The zero-order valence-corrected chi connectivity index (χ0v) is 16.4. The van der Waals surface area contributed by atoms with Gasteiger partial charge in [0, 0.05) is 37.8 Å². The quantitative estimate of drug-likeness (QED) is 0.540. The minimum Gasteiger partial charge on any atom is -0.321 e. The molecule has 0 aromatic carbocycles. The van der Waals surface area contributed by atoms with E-state index < -0.39 is 11.7 Å². The van der Waals surface area contributed by atoms with Crippen LogP contribution in [0.4, 0.5) is 16.0 Å². The molecule has 1 N–H and O–H groups in total. The fraction of sp³-hybridized carbons (Fsp3) is 0.316. The van der Waals surface area contributed by atoms with E-state index in [1.807, 2.05) is 30.9 Å². The molecule has 5 rings (SSSR count). The van der Waals surface area contributed by atoms with E-state index in [4.69, 9.17) is 4.98 Å². The van der Waals surface area contributed by atoms with E-state index in [1.54, 1.807) is 33.1 Å². The monoisotopic (exact) mass is 408 g/mol. The van der Waals surface area contributed by atoms with Crippen LogP contribution in [0, 0.1) is 11.3 Å². The average molecular weight is 408 g/mol. The number of halogens is 1. The van der Waals surface area contributed by atoms with Crippen molar-refractivity contribution >= 4 is 33.2 Å². The third-order valence-corrected chi connectivity index (χ3v) is 6.13.